The number of carboxylic acids is 1. The number of aliphatic carboxylic acids is 1. The van der Waals surface area contributed by atoms with Crippen LogP contribution >= 0.6 is 0 Å². The highest BCUT2D eigenvalue weighted by molar-refractivity contribution is 5.76. The van der Waals surface area contributed by atoms with Crippen molar-refractivity contribution in [2.24, 2.45) is 0 Å². The summed E-state index contributed by atoms with van der Waals surface area (Å²) in [6.07, 6.45) is 0.00171. The van der Waals surface area contributed by atoms with Crippen molar-refractivity contribution in [3.8, 4) is 0 Å². The minimum absolute atomic E-state index is 0.112. The highest BCUT2D eigenvalue weighted by Gasteiger charge is 2.32. The van der Waals surface area contributed by atoms with Crippen molar-refractivity contribution in [3.63, 3.8) is 0 Å². The first-order valence-electron chi connectivity index (χ1n) is 3.13. The molecule has 0 amide bonds. The topological polar surface area (TPSA) is 77.8 Å². The molecule has 0 aliphatic rings. The van der Waals surface area contributed by atoms with Gasteiger partial charge in [0, 0.05) is 13.0 Å². The predicted molar refractivity (Wildman–Crippen MR) is 34.6 cm³/mol. The van der Waals surface area contributed by atoms with Gasteiger partial charge in [0.25, 0.3) is 0 Å². The molecule has 10 heavy (non-hydrogen) atoms. The van der Waals surface area contributed by atoms with Crippen LogP contribution in [0.2, 0.25) is 0 Å². The van der Waals surface area contributed by atoms with E-state index < -0.39 is 11.6 Å². The number of carboxylic acid groups (broad SMARTS) is 1. The van der Waals surface area contributed by atoms with E-state index in [-0.39, 0.29) is 19.4 Å². The minimum Gasteiger partial charge on any atom is -0.479 e. The Hall–Kier alpha value is -0.610. The minimum atomic E-state index is -1.74. The van der Waals surface area contributed by atoms with Gasteiger partial charge in [0.1, 0.15) is 0 Å². The molecule has 0 radical (unpaired) electrons. The molecule has 4 heteroatoms. The molecule has 0 saturated carbocycles. The van der Waals surface area contributed by atoms with Crippen molar-refractivity contribution >= 4 is 5.97 Å². The van der Waals surface area contributed by atoms with E-state index in [1.54, 1.807) is 6.92 Å². The number of aliphatic hydroxyl groups is 2. The van der Waals surface area contributed by atoms with E-state index in [4.69, 9.17) is 15.3 Å². The monoisotopic (exact) mass is 148 g/mol. The van der Waals surface area contributed by atoms with E-state index in [1.165, 1.54) is 0 Å². The molecule has 0 rings (SSSR count). The number of rotatable bonds is 4. The molecule has 0 aromatic carbocycles. The van der Waals surface area contributed by atoms with Gasteiger partial charge < -0.3 is 15.3 Å². The molecule has 1 unspecified atom stereocenters. The first-order chi connectivity index (χ1) is 4.56. The van der Waals surface area contributed by atoms with E-state index in [1.807, 2.05) is 0 Å². The van der Waals surface area contributed by atoms with Crippen LogP contribution in [0.1, 0.15) is 19.8 Å². The molecule has 0 heterocycles. The zero-order valence-electron chi connectivity index (χ0n) is 5.87. The molecular weight excluding hydrogens is 136 g/mol. The summed E-state index contributed by atoms with van der Waals surface area (Å²) in [5.41, 5.74) is -1.74. The highest BCUT2D eigenvalue weighted by atomic mass is 16.4. The largest absolute Gasteiger partial charge is 0.479 e. The predicted octanol–water partition coefficient (Wildman–Crippen LogP) is -0.406. The zero-order chi connectivity index (χ0) is 8.20. The number of hydrogen-bond donors (Lipinski definition) is 3. The van der Waals surface area contributed by atoms with Crippen LogP contribution in [0, 0.1) is 0 Å². The van der Waals surface area contributed by atoms with Gasteiger partial charge in [0.05, 0.1) is 0 Å². The second kappa shape index (κ2) is 3.53. The van der Waals surface area contributed by atoms with Gasteiger partial charge in [-0.15, -0.1) is 0 Å². The van der Waals surface area contributed by atoms with Gasteiger partial charge in [-0.25, -0.2) is 4.79 Å². The fourth-order valence-electron chi connectivity index (χ4n) is 0.620. The summed E-state index contributed by atoms with van der Waals surface area (Å²) in [6.45, 7) is 1.25. The third-order valence-corrected chi connectivity index (χ3v) is 1.51. The van der Waals surface area contributed by atoms with E-state index in [0.717, 1.165) is 0 Å². The second-order valence-electron chi connectivity index (χ2n) is 2.16. The van der Waals surface area contributed by atoms with Gasteiger partial charge in [-0.05, 0) is 6.42 Å². The van der Waals surface area contributed by atoms with E-state index in [2.05, 4.69) is 0 Å². The van der Waals surface area contributed by atoms with Crippen LogP contribution in [0.5, 0.6) is 0 Å². The highest BCUT2D eigenvalue weighted by Crippen LogP contribution is 2.13. The van der Waals surface area contributed by atoms with Crippen LogP contribution in [-0.4, -0.2) is 33.5 Å². The average Bonchev–Trinajstić information content (AvgIpc) is 1.88. The Kier molecular flexibility index (Phi) is 3.32. The third kappa shape index (κ3) is 1.97. The molecule has 0 aliphatic heterocycles. The van der Waals surface area contributed by atoms with Gasteiger partial charge in [-0.3, -0.25) is 0 Å². The standard InChI is InChI=1S/C6H12O4/c1-2-6(10,3-4-7)5(8)9/h7,10H,2-4H2,1H3,(H,8,9). The lowest BCUT2D eigenvalue weighted by atomic mass is 9.97. The molecule has 0 aliphatic carbocycles. The van der Waals surface area contributed by atoms with Crippen LogP contribution in [0.25, 0.3) is 0 Å². The van der Waals surface area contributed by atoms with Crippen LogP contribution < -0.4 is 0 Å². The summed E-state index contributed by atoms with van der Waals surface area (Å²) in [5.74, 6) is -1.27. The molecule has 0 aromatic rings. The van der Waals surface area contributed by atoms with E-state index in [9.17, 15) is 4.79 Å². The molecule has 0 fully saturated rings. The van der Waals surface area contributed by atoms with Gasteiger partial charge in [-0.2, -0.15) is 0 Å². The molecule has 4 nitrogen and oxygen atoms in total. The second-order valence-corrected chi connectivity index (χ2v) is 2.16. The van der Waals surface area contributed by atoms with Crippen molar-refractivity contribution in [2.75, 3.05) is 6.61 Å². The van der Waals surface area contributed by atoms with Crippen molar-refractivity contribution in [1.29, 1.82) is 0 Å². The lowest BCUT2D eigenvalue weighted by Gasteiger charge is -2.19. The Morgan fingerprint density at radius 1 is 1.60 bits per heavy atom. The van der Waals surface area contributed by atoms with Crippen molar-refractivity contribution in [3.05, 3.63) is 0 Å². The third-order valence-electron chi connectivity index (χ3n) is 1.51. The maximum absolute atomic E-state index is 10.3. The van der Waals surface area contributed by atoms with E-state index in [0.29, 0.717) is 0 Å². The molecule has 0 saturated heterocycles. The molecular formula is C6H12O4. The molecule has 3 N–H and O–H groups in total. The smallest absolute Gasteiger partial charge is 0.335 e. The quantitative estimate of drug-likeness (QED) is 0.506. The molecule has 0 spiro atoms. The summed E-state index contributed by atoms with van der Waals surface area (Å²) < 4.78 is 0. The van der Waals surface area contributed by atoms with Crippen LogP contribution in [0.3, 0.4) is 0 Å². The fraction of sp³-hybridized carbons (Fsp3) is 0.833. The fourth-order valence-corrected chi connectivity index (χ4v) is 0.620. The first-order valence-corrected chi connectivity index (χ1v) is 3.13. The van der Waals surface area contributed by atoms with Gasteiger partial charge in [-0.1, -0.05) is 6.92 Å². The maximum atomic E-state index is 10.3. The molecule has 0 bridgehead atoms. The summed E-state index contributed by atoms with van der Waals surface area (Å²) in [4.78, 5) is 10.3. The summed E-state index contributed by atoms with van der Waals surface area (Å²) >= 11 is 0. The average molecular weight is 148 g/mol. The van der Waals surface area contributed by atoms with Gasteiger partial charge >= 0.3 is 5.97 Å². The maximum Gasteiger partial charge on any atom is 0.335 e. The molecule has 1 atom stereocenters. The van der Waals surface area contributed by atoms with Gasteiger partial charge in [0.15, 0.2) is 5.60 Å². The summed E-state index contributed by atoms with van der Waals surface area (Å²) in [6, 6.07) is 0. The van der Waals surface area contributed by atoms with Crippen LogP contribution in [0.4, 0.5) is 0 Å². The van der Waals surface area contributed by atoms with E-state index >= 15 is 0 Å². The van der Waals surface area contributed by atoms with Crippen LogP contribution in [0.15, 0.2) is 0 Å². The van der Waals surface area contributed by atoms with Crippen molar-refractivity contribution in [1.82, 2.24) is 0 Å². The molecule has 60 valence electrons. The van der Waals surface area contributed by atoms with Crippen molar-refractivity contribution in [2.45, 2.75) is 25.4 Å². The lowest BCUT2D eigenvalue weighted by molar-refractivity contribution is -0.160. The van der Waals surface area contributed by atoms with Crippen molar-refractivity contribution < 1.29 is 20.1 Å². The Morgan fingerprint density at radius 3 is 2.20 bits per heavy atom. The normalized spacial score (nSPS) is 16.3. The summed E-state index contributed by atoms with van der Waals surface area (Å²) in [7, 11) is 0. The van der Waals surface area contributed by atoms with Crippen LogP contribution in [-0.2, 0) is 4.79 Å². The Bertz CT molecular complexity index is 123. The van der Waals surface area contributed by atoms with Gasteiger partial charge in [0.2, 0.25) is 0 Å². The Labute approximate surface area is 59.1 Å². The first kappa shape index (κ1) is 9.39. The zero-order valence-corrected chi connectivity index (χ0v) is 5.87. The summed E-state index contributed by atoms with van der Waals surface area (Å²) in [5, 5.41) is 25.9. The SMILES string of the molecule is CCC(O)(CCO)C(=O)O. The lowest BCUT2D eigenvalue weighted by Crippen LogP contribution is -2.38. The number of aliphatic hydroxyl groups excluding tert-OH is 1. The Morgan fingerprint density at radius 2 is 2.10 bits per heavy atom. The number of carbonyl (C=O) groups is 1. The number of hydrogen-bond acceptors (Lipinski definition) is 3. The Balaban J connectivity index is 4.08. The molecule has 0 aromatic heterocycles.